The zero-order valence-electron chi connectivity index (χ0n) is 16.8. The molecule has 0 saturated carbocycles. The molecule has 30 heavy (non-hydrogen) atoms. The first-order chi connectivity index (χ1) is 14.1. The molecule has 1 atom stereocenters. The summed E-state index contributed by atoms with van der Waals surface area (Å²) in [7, 11) is -3.63. The van der Waals surface area contributed by atoms with Gasteiger partial charge in [0.05, 0.1) is 30.5 Å². The van der Waals surface area contributed by atoms with Gasteiger partial charge >= 0.3 is 0 Å². The molecule has 162 valence electrons. The van der Waals surface area contributed by atoms with Gasteiger partial charge in [0.1, 0.15) is 5.82 Å². The van der Waals surface area contributed by atoms with Crippen LogP contribution in [0.4, 0.5) is 16.3 Å². The van der Waals surface area contributed by atoms with E-state index in [4.69, 9.17) is 5.26 Å². The van der Waals surface area contributed by atoms with Crippen molar-refractivity contribution < 1.29 is 17.9 Å². The number of hydrogen-bond donors (Lipinski definition) is 3. The molecule has 0 bridgehead atoms. The van der Waals surface area contributed by atoms with Crippen LogP contribution in [-0.2, 0) is 15.8 Å². The molecule has 2 aromatic rings. The Morgan fingerprint density at radius 1 is 1.27 bits per heavy atom. The minimum absolute atomic E-state index is 0.0960. The number of nitriles is 1. The van der Waals surface area contributed by atoms with Crippen molar-refractivity contribution in [2.75, 3.05) is 22.9 Å². The molecule has 0 unspecified atom stereocenters. The van der Waals surface area contributed by atoms with Gasteiger partial charge in [0, 0.05) is 5.75 Å². The maximum absolute atomic E-state index is 14.1. The van der Waals surface area contributed by atoms with Gasteiger partial charge in [-0.2, -0.15) is 20.2 Å². The lowest BCUT2D eigenvalue weighted by atomic mass is 10.0. The van der Waals surface area contributed by atoms with Crippen molar-refractivity contribution in [3.8, 4) is 6.07 Å². The quantitative estimate of drug-likeness (QED) is 0.461. The highest BCUT2D eigenvalue weighted by Gasteiger charge is 2.16. The number of nitrogens with one attached hydrogen (secondary N) is 2. The molecule has 1 aromatic heterocycles. The average Bonchev–Trinajstić information content (AvgIpc) is 2.64. The number of rotatable bonds is 10. The standard InChI is InChI=1S/C18H23FN6O3S2/c1-11(2)6-14(9-26)21-16-22-17(25-30(3,27)28)24-18(23-16)29-10-13-5-4-12(8-20)7-15(13)19/h4-5,7,11,14,26H,6,9-10H2,1-3H3,(H2,21,22,23,24,25)/t14-/m1/s1. The van der Waals surface area contributed by atoms with E-state index in [1.54, 1.807) is 0 Å². The number of anilines is 2. The Hall–Kier alpha value is -2.49. The van der Waals surface area contributed by atoms with E-state index in [0.29, 0.717) is 17.9 Å². The number of hydrogen-bond acceptors (Lipinski definition) is 9. The average molecular weight is 455 g/mol. The van der Waals surface area contributed by atoms with Crippen LogP contribution in [-0.4, -0.2) is 47.4 Å². The van der Waals surface area contributed by atoms with Gasteiger partial charge in [-0.15, -0.1) is 0 Å². The molecule has 12 heteroatoms. The third-order valence-corrected chi connectivity index (χ3v) is 5.19. The fraction of sp³-hybridized carbons (Fsp3) is 0.444. The van der Waals surface area contributed by atoms with E-state index in [1.165, 1.54) is 12.1 Å². The van der Waals surface area contributed by atoms with Gasteiger partial charge in [-0.25, -0.2) is 12.8 Å². The monoisotopic (exact) mass is 454 g/mol. The maximum atomic E-state index is 14.1. The molecule has 9 nitrogen and oxygen atoms in total. The minimum atomic E-state index is -3.63. The molecule has 0 saturated heterocycles. The summed E-state index contributed by atoms with van der Waals surface area (Å²) in [4.78, 5) is 12.4. The van der Waals surface area contributed by atoms with Crippen molar-refractivity contribution in [3.63, 3.8) is 0 Å². The first-order valence-corrected chi connectivity index (χ1v) is 11.9. The summed E-state index contributed by atoms with van der Waals surface area (Å²) in [5.74, 6) is -0.147. The number of aliphatic hydroxyl groups is 1. The van der Waals surface area contributed by atoms with Gasteiger partial charge in [-0.3, -0.25) is 4.72 Å². The van der Waals surface area contributed by atoms with Crippen molar-refractivity contribution in [1.29, 1.82) is 5.26 Å². The summed E-state index contributed by atoms with van der Waals surface area (Å²) in [6, 6.07) is 5.69. The van der Waals surface area contributed by atoms with Crippen molar-refractivity contribution in [2.24, 2.45) is 5.92 Å². The van der Waals surface area contributed by atoms with Crippen LogP contribution in [0.1, 0.15) is 31.4 Å². The number of halogens is 1. The molecule has 1 aromatic carbocycles. The van der Waals surface area contributed by atoms with Gasteiger partial charge in [0.2, 0.25) is 21.9 Å². The van der Waals surface area contributed by atoms with E-state index in [9.17, 15) is 17.9 Å². The summed E-state index contributed by atoms with van der Waals surface area (Å²) in [6.07, 6.45) is 1.62. The van der Waals surface area contributed by atoms with Gasteiger partial charge in [-0.05, 0) is 30.0 Å². The van der Waals surface area contributed by atoms with Crippen molar-refractivity contribution in [3.05, 3.63) is 35.1 Å². The number of thioether (sulfide) groups is 1. The predicted octanol–water partition coefficient (Wildman–Crippen LogP) is 2.37. The van der Waals surface area contributed by atoms with E-state index in [-0.39, 0.29) is 41.0 Å². The van der Waals surface area contributed by atoms with Crippen LogP contribution in [0, 0.1) is 23.1 Å². The Balaban J connectivity index is 2.26. The summed E-state index contributed by atoms with van der Waals surface area (Å²) in [5, 5.41) is 21.6. The molecule has 0 amide bonds. The Morgan fingerprint density at radius 2 is 1.97 bits per heavy atom. The highest BCUT2D eigenvalue weighted by atomic mass is 32.2. The normalized spacial score (nSPS) is 12.4. The van der Waals surface area contributed by atoms with E-state index in [0.717, 1.165) is 24.1 Å². The first-order valence-electron chi connectivity index (χ1n) is 9.02. The molecule has 1 heterocycles. The third kappa shape index (κ3) is 7.74. The van der Waals surface area contributed by atoms with Crippen LogP contribution >= 0.6 is 11.8 Å². The molecule has 0 aliphatic carbocycles. The van der Waals surface area contributed by atoms with Crippen LogP contribution in [0.3, 0.4) is 0 Å². The summed E-state index contributed by atoms with van der Waals surface area (Å²) in [5.41, 5.74) is 0.562. The molecular formula is C18H23FN6O3S2. The minimum Gasteiger partial charge on any atom is -0.394 e. The van der Waals surface area contributed by atoms with Crippen molar-refractivity contribution in [2.45, 2.75) is 37.2 Å². The Kier molecular flexibility index (Phi) is 8.33. The van der Waals surface area contributed by atoms with E-state index >= 15 is 0 Å². The number of benzene rings is 1. The highest BCUT2D eigenvalue weighted by molar-refractivity contribution is 7.98. The molecule has 0 aliphatic rings. The van der Waals surface area contributed by atoms with Crippen molar-refractivity contribution >= 4 is 33.7 Å². The van der Waals surface area contributed by atoms with Gasteiger partial charge < -0.3 is 10.4 Å². The van der Waals surface area contributed by atoms with Crippen LogP contribution in [0.15, 0.2) is 23.4 Å². The third-order valence-electron chi connectivity index (χ3n) is 3.74. The molecule has 0 fully saturated rings. The second kappa shape index (κ2) is 10.5. The zero-order valence-corrected chi connectivity index (χ0v) is 18.4. The van der Waals surface area contributed by atoms with Crippen LogP contribution in [0.25, 0.3) is 0 Å². The molecule has 0 aliphatic heterocycles. The molecule has 0 radical (unpaired) electrons. The summed E-state index contributed by atoms with van der Waals surface area (Å²) in [6.45, 7) is 3.85. The lowest BCUT2D eigenvalue weighted by molar-refractivity contribution is 0.259. The fourth-order valence-electron chi connectivity index (χ4n) is 2.50. The second-order valence-corrected chi connectivity index (χ2v) is 9.69. The van der Waals surface area contributed by atoms with Gasteiger partial charge in [0.15, 0.2) is 5.16 Å². The Labute approximate surface area is 179 Å². The highest BCUT2D eigenvalue weighted by Crippen LogP contribution is 2.24. The van der Waals surface area contributed by atoms with E-state index in [2.05, 4.69) is 25.0 Å². The number of aliphatic hydroxyl groups excluding tert-OH is 1. The molecule has 2 rings (SSSR count). The fourth-order valence-corrected chi connectivity index (χ4v) is 3.75. The largest absolute Gasteiger partial charge is 0.394 e. The number of sulfonamides is 1. The smallest absolute Gasteiger partial charge is 0.242 e. The summed E-state index contributed by atoms with van der Waals surface area (Å²) >= 11 is 1.08. The van der Waals surface area contributed by atoms with E-state index in [1.807, 2.05) is 19.9 Å². The number of aromatic nitrogens is 3. The van der Waals surface area contributed by atoms with Crippen LogP contribution in [0.2, 0.25) is 0 Å². The van der Waals surface area contributed by atoms with Crippen LogP contribution in [0.5, 0.6) is 0 Å². The predicted molar refractivity (Wildman–Crippen MR) is 113 cm³/mol. The van der Waals surface area contributed by atoms with E-state index < -0.39 is 15.8 Å². The second-order valence-electron chi connectivity index (χ2n) is 7.00. The molecule has 3 N–H and O–H groups in total. The molecular weight excluding hydrogens is 431 g/mol. The SMILES string of the molecule is CC(C)C[C@H](CO)Nc1nc(NS(C)(=O)=O)nc(SCc2ccc(C#N)cc2F)n1. The Morgan fingerprint density at radius 3 is 2.53 bits per heavy atom. The zero-order chi connectivity index (χ0) is 22.3. The van der Waals surface area contributed by atoms with Gasteiger partial charge in [0.25, 0.3) is 0 Å². The topological polar surface area (TPSA) is 141 Å². The van der Waals surface area contributed by atoms with Crippen molar-refractivity contribution in [1.82, 2.24) is 15.0 Å². The van der Waals surface area contributed by atoms with Crippen LogP contribution < -0.4 is 10.0 Å². The maximum Gasteiger partial charge on any atom is 0.242 e. The summed E-state index contributed by atoms with van der Waals surface area (Å²) < 4.78 is 39.5. The Bertz CT molecular complexity index is 1030. The lowest BCUT2D eigenvalue weighted by Crippen LogP contribution is -2.27. The van der Waals surface area contributed by atoms with Gasteiger partial charge in [-0.1, -0.05) is 31.7 Å². The molecule has 0 spiro atoms. The first kappa shape index (κ1) is 23.8. The number of nitrogens with zero attached hydrogens (tertiary/aromatic N) is 4. The lowest BCUT2D eigenvalue weighted by Gasteiger charge is -2.18.